The van der Waals surface area contributed by atoms with Crippen LogP contribution in [-0.2, 0) is 6.42 Å². The van der Waals surface area contributed by atoms with Crippen LogP contribution in [-0.4, -0.2) is 0 Å². The molecule has 0 spiro atoms. The van der Waals surface area contributed by atoms with Crippen LogP contribution in [0.25, 0.3) is 0 Å². The molecule has 2 nitrogen and oxygen atoms in total. The van der Waals surface area contributed by atoms with Crippen molar-refractivity contribution in [1.29, 1.82) is 5.26 Å². The highest BCUT2D eigenvalue weighted by Gasteiger charge is 2.13. The van der Waals surface area contributed by atoms with Crippen molar-refractivity contribution in [3.8, 4) is 6.07 Å². The molecule has 0 aliphatic heterocycles. The van der Waals surface area contributed by atoms with E-state index in [1.165, 1.54) is 0 Å². The molecule has 4 heteroatoms. The Labute approximate surface area is 135 Å². The first-order valence-corrected chi connectivity index (χ1v) is 7.57. The SMILES string of the molecule is CCC(Nc1ccc(CC#N)cc1)c1ccc(Cl)cc1Cl. The number of halogens is 2. The van der Waals surface area contributed by atoms with Crippen LogP contribution >= 0.6 is 23.2 Å². The van der Waals surface area contributed by atoms with Gasteiger partial charge in [-0.1, -0.05) is 48.3 Å². The van der Waals surface area contributed by atoms with Gasteiger partial charge in [0.15, 0.2) is 0 Å². The van der Waals surface area contributed by atoms with Gasteiger partial charge in [-0.15, -0.1) is 0 Å². The molecule has 2 rings (SSSR count). The average molecular weight is 319 g/mol. The van der Waals surface area contributed by atoms with Gasteiger partial charge in [0.25, 0.3) is 0 Å². The number of nitriles is 1. The fourth-order valence-electron chi connectivity index (χ4n) is 2.20. The van der Waals surface area contributed by atoms with E-state index in [2.05, 4.69) is 18.3 Å². The van der Waals surface area contributed by atoms with Crippen molar-refractivity contribution in [3.63, 3.8) is 0 Å². The fourth-order valence-corrected chi connectivity index (χ4v) is 2.74. The minimum absolute atomic E-state index is 0.122. The molecule has 0 bridgehead atoms. The number of nitrogens with zero attached hydrogens (tertiary/aromatic N) is 1. The fraction of sp³-hybridized carbons (Fsp3) is 0.235. The second-order valence-electron chi connectivity index (χ2n) is 4.80. The first-order chi connectivity index (χ1) is 10.1. The van der Waals surface area contributed by atoms with Gasteiger partial charge in [-0.25, -0.2) is 0 Å². The van der Waals surface area contributed by atoms with Crippen LogP contribution in [0.1, 0.15) is 30.5 Å². The van der Waals surface area contributed by atoms with E-state index in [0.717, 1.165) is 23.2 Å². The zero-order valence-corrected chi connectivity index (χ0v) is 13.2. The van der Waals surface area contributed by atoms with E-state index < -0.39 is 0 Å². The number of hydrogen-bond donors (Lipinski definition) is 1. The highest BCUT2D eigenvalue weighted by molar-refractivity contribution is 6.35. The quantitative estimate of drug-likeness (QED) is 0.776. The van der Waals surface area contributed by atoms with Crippen LogP contribution in [0, 0.1) is 11.3 Å². The Bertz CT molecular complexity index is 645. The zero-order valence-electron chi connectivity index (χ0n) is 11.7. The molecule has 21 heavy (non-hydrogen) atoms. The summed E-state index contributed by atoms with van der Waals surface area (Å²) >= 11 is 12.2. The Morgan fingerprint density at radius 3 is 2.43 bits per heavy atom. The third kappa shape index (κ3) is 4.14. The lowest BCUT2D eigenvalue weighted by Crippen LogP contribution is -2.10. The lowest BCUT2D eigenvalue weighted by atomic mass is 10.0. The maximum atomic E-state index is 8.68. The molecule has 108 valence electrons. The number of rotatable bonds is 5. The molecule has 0 aromatic heterocycles. The third-order valence-electron chi connectivity index (χ3n) is 3.32. The Balaban J connectivity index is 2.17. The summed E-state index contributed by atoms with van der Waals surface area (Å²) in [5, 5.41) is 13.5. The molecule has 0 saturated carbocycles. The second kappa shape index (κ2) is 7.36. The summed E-state index contributed by atoms with van der Waals surface area (Å²) in [5.74, 6) is 0. The maximum Gasteiger partial charge on any atom is 0.0669 e. The Morgan fingerprint density at radius 1 is 1.14 bits per heavy atom. The minimum Gasteiger partial charge on any atom is -0.378 e. The van der Waals surface area contributed by atoms with Gasteiger partial charge in [-0.3, -0.25) is 0 Å². The average Bonchev–Trinajstić information content (AvgIpc) is 2.47. The summed E-state index contributed by atoms with van der Waals surface area (Å²) in [4.78, 5) is 0. The molecule has 0 saturated heterocycles. The lowest BCUT2D eigenvalue weighted by molar-refractivity contribution is 0.749. The molecule has 1 atom stereocenters. The molecule has 2 aromatic carbocycles. The molecule has 0 amide bonds. The van der Waals surface area contributed by atoms with E-state index in [1.54, 1.807) is 6.07 Å². The van der Waals surface area contributed by atoms with E-state index in [-0.39, 0.29) is 6.04 Å². The maximum absolute atomic E-state index is 8.68. The molecular formula is C17H16Cl2N2. The first kappa shape index (κ1) is 15.7. The van der Waals surface area contributed by atoms with Gasteiger partial charge in [0, 0.05) is 15.7 Å². The highest BCUT2D eigenvalue weighted by Crippen LogP contribution is 2.30. The summed E-state index contributed by atoms with van der Waals surface area (Å²) in [6.07, 6.45) is 1.34. The Morgan fingerprint density at radius 2 is 1.86 bits per heavy atom. The highest BCUT2D eigenvalue weighted by atomic mass is 35.5. The van der Waals surface area contributed by atoms with Crippen molar-refractivity contribution in [2.45, 2.75) is 25.8 Å². The number of nitrogens with one attached hydrogen (secondary N) is 1. The Kier molecular flexibility index (Phi) is 5.50. The van der Waals surface area contributed by atoms with Crippen molar-refractivity contribution < 1.29 is 0 Å². The Hall–Kier alpha value is -1.69. The van der Waals surface area contributed by atoms with Crippen molar-refractivity contribution in [2.75, 3.05) is 5.32 Å². The van der Waals surface area contributed by atoms with Crippen LogP contribution in [0.3, 0.4) is 0 Å². The van der Waals surface area contributed by atoms with Crippen LogP contribution in [0.4, 0.5) is 5.69 Å². The standard InChI is InChI=1S/C17H16Cl2N2/c1-2-17(15-8-5-13(18)11-16(15)19)21-14-6-3-12(4-7-14)9-10-20/h3-8,11,17,21H,2,9H2,1H3. The van der Waals surface area contributed by atoms with Crippen molar-refractivity contribution >= 4 is 28.9 Å². The second-order valence-corrected chi connectivity index (χ2v) is 5.65. The van der Waals surface area contributed by atoms with Crippen LogP contribution in [0.15, 0.2) is 42.5 Å². The molecule has 0 radical (unpaired) electrons. The van der Waals surface area contributed by atoms with Gasteiger partial charge in [-0.2, -0.15) is 5.26 Å². The molecule has 0 aliphatic carbocycles. The zero-order chi connectivity index (χ0) is 15.2. The topological polar surface area (TPSA) is 35.8 Å². The molecule has 2 aromatic rings. The van der Waals surface area contributed by atoms with Crippen LogP contribution in [0.2, 0.25) is 10.0 Å². The molecule has 1 unspecified atom stereocenters. The molecule has 0 heterocycles. The lowest BCUT2D eigenvalue weighted by Gasteiger charge is -2.20. The van der Waals surface area contributed by atoms with E-state index in [0.29, 0.717) is 16.5 Å². The van der Waals surface area contributed by atoms with E-state index >= 15 is 0 Å². The van der Waals surface area contributed by atoms with Gasteiger partial charge in [-0.05, 0) is 41.8 Å². The summed E-state index contributed by atoms with van der Waals surface area (Å²) < 4.78 is 0. The van der Waals surface area contributed by atoms with Gasteiger partial charge in [0.2, 0.25) is 0 Å². The third-order valence-corrected chi connectivity index (χ3v) is 3.89. The summed E-state index contributed by atoms with van der Waals surface area (Å²) in [5.41, 5.74) is 3.06. The van der Waals surface area contributed by atoms with Gasteiger partial charge >= 0.3 is 0 Å². The normalized spacial score (nSPS) is 11.7. The van der Waals surface area contributed by atoms with Crippen LogP contribution in [0.5, 0.6) is 0 Å². The van der Waals surface area contributed by atoms with Gasteiger partial charge in [0.1, 0.15) is 0 Å². The number of hydrogen-bond acceptors (Lipinski definition) is 2. The van der Waals surface area contributed by atoms with Crippen molar-refractivity contribution in [2.24, 2.45) is 0 Å². The summed E-state index contributed by atoms with van der Waals surface area (Å²) in [6.45, 7) is 2.10. The molecule has 1 N–H and O–H groups in total. The largest absolute Gasteiger partial charge is 0.378 e. The van der Waals surface area contributed by atoms with E-state index in [9.17, 15) is 0 Å². The summed E-state index contributed by atoms with van der Waals surface area (Å²) in [7, 11) is 0. The number of anilines is 1. The predicted molar refractivity (Wildman–Crippen MR) is 88.9 cm³/mol. The predicted octanol–water partition coefficient (Wildman–Crippen LogP) is 5.62. The first-order valence-electron chi connectivity index (χ1n) is 6.81. The van der Waals surface area contributed by atoms with E-state index in [4.69, 9.17) is 28.5 Å². The van der Waals surface area contributed by atoms with Crippen LogP contribution < -0.4 is 5.32 Å². The molecule has 0 fully saturated rings. The van der Waals surface area contributed by atoms with E-state index in [1.807, 2.05) is 36.4 Å². The smallest absolute Gasteiger partial charge is 0.0669 e. The van der Waals surface area contributed by atoms with Gasteiger partial charge in [0.05, 0.1) is 18.5 Å². The van der Waals surface area contributed by atoms with Gasteiger partial charge < -0.3 is 5.32 Å². The molecular weight excluding hydrogens is 303 g/mol. The summed E-state index contributed by atoms with van der Waals surface area (Å²) in [6, 6.07) is 15.7. The minimum atomic E-state index is 0.122. The number of benzene rings is 2. The van der Waals surface area contributed by atoms with Crippen molar-refractivity contribution in [1.82, 2.24) is 0 Å². The monoisotopic (exact) mass is 318 g/mol. The van der Waals surface area contributed by atoms with Crippen molar-refractivity contribution in [3.05, 3.63) is 63.6 Å². The molecule has 0 aliphatic rings.